The minimum absolute atomic E-state index is 0.148. The van der Waals surface area contributed by atoms with Crippen molar-refractivity contribution in [2.24, 2.45) is 5.92 Å². The Morgan fingerprint density at radius 3 is 2.68 bits per heavy atom. The molecule has 1 heterocycles. The summed E-state index contributed by atoms with van der Waals surface area (Å²) in [4.78, 5) is 22.1. The average Bonchev–Trinajstić information content (AvgIpc) is 2.64. The molecule has 0 aliphatic carbocycles. The summed E-state index contributed by atoms with van der Waals surface area (Å²) in [7, 11) is 0. The van der Waals surface area contributed by atoms with Crippen LogP contribution in [0, 0.1) is 5.92 Å². The molecule has 1 aromatic rings. The molecule has 4 nitrogen and oxygen atoms in total. The van der Waals surface area contributed by atoms with Crippen molar-refractivity contribution in [1.82, 2.24) is 5.32 Å². The largest absolute Gasteiger partial charge is 0.481 e. The van der Waals surface area contributed by atoms with Crippen molar-refractivity contribution in [1.29, 1.82) is 0 Å². The second kappa shape index (κ2) is 7.72. The van der Waals surface area contributed by atoms with Gasteiger partial charge in [0.1, 0.15) is 0 Å². The molecule has 1 atom stereocenters. The van der Waals surface area contributed by atoms with Crippen LogP contribution in [0.25, 0.3) is 0 Å². The number of carbonyl (C=O) groups is 2. The van der Waals surface area contributed by atoms with E-state index in [4.69, 9.17) is 28.3 Å². The van der Waals surface area contributed by atoms with E-state index >= 15 is 0 Å². The van der Waals surface area contributed by atoms with Crippen molar-refractivity contribution in [3.63, 3.8) is 0 Å². The summed E-state index contributed by atoms with van der Waals surface area (Å²) in [6.45, 7) is 1.70. The summed E-state index contributed by atoms with van der Waals surface area (Å²) in [6.07, 6.45) is 1.68. The number of nitrogens with one attached hydrogen (secondary N) is 1. The van der Waals surface area contributed by atoms with Gasteiger partial charge < -0.3 is 10.4 Å². The first kappa shape index (κ1) is 16.3. The predicted molar refractivity (Wildman–Crippen MR) is 77.1 cm³/mol. The molecular weight excluding hydrogens is 309 g/mol. The van der Waals surface area contributed by atoms with Crippen molar-refractivity contribution in [3.05, 3.63) is 20.3 Å². The molecular formula is C12H15Cl2NO3S. The van der Waals surface area contributed by atoms with Crippen LogP contribution in [0.3, 0.4) is 0 Å². The van der Waals surface area contributed by atoms with E-state index in [9.17, 15) is 9.59 Å². The number of hydrogen-bond acceptors (Lipinski definition) is 3. The number of rotatable bonds is 7. The molecule has 0 saturated carbocycles. The third kappa shape index (κ3) is 5.80. The maximum absolute atomic E-state index is 11.5. The van der Waals surface area contributed by atoms with Crippen LogP contribution in [0.1, 0.15) is 25.3 Å². The van der Waals surface area contributed by atoms with Gasteiger partial charge in [-0.15, -0.1) is 11.3 Å². The quantitative estimate of drug-likeness (QED) is 0.809. The number of hydrogen-bond donors (Lipinski definition) is 2. The molecule has 19 heavy (non-hydrogen) atoms. The van der Waals surface area contributed by atoms with Crippen molar-refractivity contribution >= 4 is 46.4 Å². The predicted octanol–water partition coefficient (Wildman–Crippen LogP) is 3.21. The Kier molecular flexibility index (Phi) is 6.62. The monoisotopic (exact) mass is 323 g/mol. The van der Waals surface area contributed by atoms with Gasteiger partial charge in [0, 0.05) is 13.0 Å². The van der Waals surface area contributed by atoms with Gasteiger partial charge in [-0.2, -0.15) is 0 Å². The van der Waals surface area contributed by atoms with Crippen LogP contribution in [0.2, 0.25) is 8.67 Å². The number of carboxylic acid groups (broad SMARTS) is 1. The number of aryl methyl sites for hydroxylation is 1. The zero-order chi connectivity index (χ0) is 14.4. The topological polar surface area (TPSA) is 66.4 Å². The number of halogens is 2. The molecule has 0 aliphatic heterocycles. The SMILES string of the molecule is CC(CNC(=O)CCCc1cc(Cl)sc1Cl)C(=O)O. The summed E-state index contributed by atoms with van der Waals surface area (Å²) in [5, 5.41) is 11.3. The molecule has 0 spiro atoms. The third-order valence-electron chi connectivity index (χ3n) is 2.60. The average molecular weight is 324 g/mol. The Hall–Kier alpha value is -0.780. The maximum atomic E-state index is 11.5. The fourth-order valence-electron chi connectivity index (χ4n) is 1.43. The highest BCUT2D eigenvalue weighted by Gasteiger charge is 2.12. The lowest BCUT2D eigenvalue weighted by Crippen LogP contribution is -2.31. The van der Waals surface area contributed by atoms with Crippen LogP contribution in [-0.2, 0) is 16.0 Å². The molecule has 1 rings (SSSR count). The van der Waals surface area contributed by atoms with Gasteiger partial charge in [-0.1, -0.05) is 30.1 Å². The number of amides is 1. The minimum Gasteiger partial charge on any atom is -0.481 e. The Labute approximate surface area is 125 Å². The van der Waals surface area contributed by atoms with E-state index in [0.29, 0.717) is 27.9 Å². The number of thiophene rings is 1. The smallest absolute Gasteiger partial charge is 0.308 e. The van der Waals surface area contributed by atoms with Gasteiger partial charge in [-0.05, 0) is 24.5 Å². The van der Waals surface area contributed by atoms with Crippen LogP contribution in [0.4, 0.5) is 0 Å². The van der Waals surface area contributed by atoms with Crippen molar-refractivity contribution in [3.8, 4) is 0 Å². The van der Waals surface area contributed by atoms with Gasteiger partial charge in [0.15, 0.2) is 0 Å². The highest BCUT2D eigenvalue weighted by Crippen LogP contribution is 2.31. The molecule has 7 heteroatoms. The van der Waals surface area contributed by atoms with Gasteiger partial charge in [-0.3, -0.25) is 9.59 Å². The fraction of sp³-hybridized carbons (Fsp3) is 0.500. The Bertz CT molecular complexity index is 462. The van der Waals surface area contributed by atoms with Crippen LogP contribution in [-0.4, -0.2) is 23.5 Å². The molecule has 1 aromatic heterocycles. The van der Waals surface area contributed by atoms with E-state index in [2.05, 4.69) is 5.32 Å². The lowest BCUT2D eigenvalue weighted by Gasteiger charge is -2.08. The van der Waals surface area contributed by atoms with E-state index in [-0.39, 0.29) is 12.5 Å². The Morgan fingerprint density at radius 2 is 2.16 bits per heavy atom. The highest BCUT2D eigenvalue weighted by atomic mass is 35.5. The normalized spacial score (nSPS) is 12.2. The van der Waals surface area contributed by atoms with Crippen molar-refractivity contribution in [2.75, 3.05) is 6.54 Å². The lowest BCUT2D eigenvalue weighted by molar-refractivity contribution is -0.141. The Balaban J connectivity index is 2.24. The molecule has 0 fully saturated rings. The number of carbonyl (C=O) groups excluding carboxylic acids is 1. The fourth-order valence-corrected chi connectivity index (χ4v) is 2.97. The summed E-state index contributed by atoms with van der Waals surface area (Å²) in [5.74, 6) is -1.64. The molecule has 0 bridgehead atoms. The van der Waals surface area contributed by atoms with Crippen molar-refractivity contribution < 1.29 is 14.7 Å². The van der Waals surface area contributed by atoms with Gasteiger partial charge in [0.05, 0.1) is 14.6 Å². The van der Waals surface area contributed by atoms with Gasteiger partial charge in [0.25, 0.3) is 0 Å². The first-order valence-electron chi connectivity index (χ1n) is 5.83. The molecule has 0 aliphatic rings. The van der Waals surface area contributed by atoms with E-state index < -0.39 is 11.9 Å². The second-order valence-electron chi connectivity index (χ2n) is 4.25. The zero-order valence-corrected chi connectivity index (χ0v) is 12.7. The molecule has 106 valence electrons. The van der Waals surface area contributed by atoms with Crippen LogP contribution >= 0.6 is 34.5 Å². The molecule has 1 unspecified atom stereocenters. The molecule has 0 radical (unpaired) electrons. The highest BCUT2D eigenvalue weighted by molar-refractivity contribution is 7.20. The lowest BCUT2D eigenvalue weighted by atomic mass is 10.1. The third-order valence-corrected chi connectivity index (χ3v) is 4.17. The minimum atomic E-state index is -0.917. The van der Waals surface area contributed by atoms with Crippen LogP contribution in [0.5, 0.6) is 0 Å². The second-order valence-corrected chi connectivity index (χ2v) is 6.53. The van der Waals surface area contributed by atoms with Crippen molar-refractivity contribution in [2.45, 2.75) is 26.2 Å². The molecule has 2 N–H and O–H groups in total. The maximum Gasteiger partial charge on any atom is 0.308 e. The summed E-state index contributed by atoms with van der Waals surface area (Å²) < 4.78 is 1.30. The molecule has 0 aromatic carbocycles. The van der Waals surface area contributed by atoms with E-state index in [1.54, 1.807) is 13.0 Å². The molecule has 1 amide bonds. The summed E-state index contributed by atoms with van der Waals surface area (Å²) in [6, 6.07) is 1.80. The summed E-state index contributed by atoms with van der Waals surface area (Å²) in [5.41, 5.74) is 0.948. The van der Waals surface area contributed by atoms with E-state index in [1.165, 1.54) is 11.3 Å². The number of aliphatic carboxylic acids is 1. The van der Waals surface area contributed by atoms with Gasteiger partial charge in [0.2, 0.25) is 5.91 Å². The van der Waals surface area contributed by atoms with Crippen LogP contribution in [0.15, 0.2) is 6.07 Å². The van der Waals surface area contributed by atoms with E-state index in [1.807, 2.05) is 0 Å². The van der Waals surface area contributed by atoms with Crippen LogP contribution < -0.4 is 5.32 Å². The zero-order valence-electron chi connectivity index (χ0n) is 10.4. The van der Waals surface area contributed by atoms with E-state index in [0.717, 1.165) is 5.56 Å². The Morgan fingerprint density at radius 1 is 1.47 bits per heavy atom. The van der Waals surface area contributed by atoms with Gasteiger partial charge >= 0.3 is 5.97 Å². The summed E-state index contributed by atoms with van der Waals surface area (Å²) >= 11 is 13.1. The molecule has 0 saturated heterocycles. The first-order chi connectivity index (χ1) is 8.90. The standard InChI is InChI=1S/C12H15Cl2NO3S/c1-7(12(17)18)6-15-10(16)4-2-3-8-5-9(13)19-11(8)14/h5,7H,2-4,6H2,1H3,(H,15,16)(H,17,18). The number of carboxylic acids is 1. The first-order valence-corrected chi connectivity index (χ1v) is 7.40. The van der Waals surface area contributed by atoms with Gasteiger partial charge in [-0.25, -0.2) is 0 Å².